The lowest BCUT2D eigenvalue weighted by molar-refractivity contribution is 0.474. The van der Waals surface area contributed by atoms with Gasteiger partial charge in [-0.3, -0.25) is 0 Å². The lowest BCUT2D eigenvalue weighted by Crippen LogP contribution is -2.35. The van der Waals surface area contributed by atoms with Crippen LogP contribution in [0, 0.1) is 11.8 Å². The fraction of sp³-hybridized carbons (Fsp3) is 0.200. The van der Waals surface area contributed by atoms with Crippen LogP contribution in [0.5, 0.6) is 0 Å². The van der Waals surface area contributed by atoms with Gasteiger partial charge in [-0.05, 0) is 56.2 Å². The molecule has 22 heavy (non-hydrogen) atoms. The normalized spacial score (nSPS) is 22.7. The summed E-state index contributed by atoms with van der Waals surface area (Å²) in [6, 6.07) is 17.8. The van der Waals surface area contributed by atoms with Crippen molar-refractivity contribution in [2.24, 2.45) is 22.1 Å². The smallest absolute Gasteiger partial charge is 0.0668 e. The van der Waals surface area contributed by atoms with Crippen LogP contribution in [0.15, 0.2) is 58.8 Å². The van der Waals surface area contributed by atoms with Crippen LogP contribution >= 0.6 is 0 Å². The summed E-state index contributed by atoms with van der Waals surface area (Å²) in [4.78, 5) is 0. The van der Waals surface area contributed by atoms with E-state index in [4.69, 9.17) is 0 Å². The number of rotatable bonds is 0. The predicted octanol–water partition coefficient (Wildman–Crippen LogP) is 3.27. The topological polar surface area (TPSA) is 24.7 Å². The molecule has 2 heteroatoms. The number of nitrogens with zero attached hydrogens (tertiary/aromatic N) is 2. The third-order valence-electron chi connectivity index (χ3n) is 4.93. The van der Waals surface area contributed by atoms with Crippen molar-refractivity contribution in [1.82, 2.24) is 0 Å². The zero-order valence-electron chi connectivity index (χ0n) is 12.2. The fourth-order valence-electron chi connectivity index (χ4n) is 3.70. The number of benzene rings is 3. The Morgan fingerprint density at radius 2 is 1.14 bits per heavy atom. The maximum absolute atomic E-state index is 4.21. The van der Waals surface area contributed by atoms with E-state index >= 15 is 0 Å². The van der Waals surface area contributed by atoms with Gasteiger partial charge < -0.3 is 0 Å². The van der Waals surface area contributed by atoms with Crippen molar-refractivity contribution in [3.63, 3.8) is 0 Å². The minimum Gasteiger partial charge on any atom is -0.194 e. The molecule has 3 aromatic carbocycles. The first kappa shape index (κ1) is 12.1. The zero-order valence-corrected chi connectivity index (χ0v) is 12.2. The van der Waals surface area contributed by atoms with Crippen molar-refractivity contribution in [2.75, 3.05) is 13.1 Å². The summed E-state index contributed by atoms with van der Waals surface area (Å²) >= 11 is 0. The maximum Gasteiger partial charge on any atom is 0.0668 e. The van der Waals surface area contributed by atoms with Crippen molar-refractivity contribution < 1.29 is 0 Å². The molecule has 2 nitrogen and oxygen atoms in total. The summed E-state index contributed by atoms with van der Waals surface area (Å²) in [5.41, 5.74) is 0. The molecule has 1 aliphatic carbocycles. The summed E-state index contributed by atoms with van der Waals surface area (Å²) in [5.74, 6) is 1.03. The quantitative estimate of drug-likeness (QED) is 0.566. The minimum absolute atomic E-state index is 0.517. The molecule has 0 saturated carbocycles. The van der Waals surface area contributed by atoms with E-state index in [2.05, 4.69) is 70.9 Å². The molecule has 5 rings (SSSR count). The Kier molecular flexibility index (Phi) is 2.48. The van der Waals surface area contributed by atoms with E-state index < -0.39 is 0 Å². The van der Waals surface area contributed by atoms with Gasteiger partial charge in [0.05, 0.1) is 13.1 Å². The van der Waals surface area contributed by atoms with E-state index in [0.29, 0.717) is 11.8 Å². The Labute approximate surface area is 128 Å². The van der Waals surface area contributed by atoms with E-state index in [1.54, 1.807) is 0 Å². The van der Waals surface area contributed by atoms with Crippen molar-refractivity contribution >= 4 is 33.7 Å². The molecule has 2 atom stereocenters. The van der Waals surface area contributed by atoms with Gasteiger partial charge in [-0.2, -0.15) is 10.2 Å². The number of azo groups is 1. The van der Waals surface area contributed by atoms with Gasteiger partial charge in [0.25, 0.3) is 0 Å². The molecular formula is C20H16N2. The van der Waals surface area contributed by atoms with Crippen LogP contribution in [-0.4, -0.2) is 13.1 Å². The van der Waals surface area contributed by atoms with Crippen LogP contribution in [0.3, 0.4) is 0 Å². The van der Waals surface area contributed by atoms with E-state index in [1.165, 1.54) is 32.0 Å². The Hall–Kier alpha value is -2.48. The number of fused-ring (bicyclic) bond motifs is 4. The molecule has 106 valence electrons. The Morgan fingerprint density at radius 3 is 1.64 bits per heavy atom. The van der Waals surface area contributed by atoms with Crippen LogP contribution in [0.2, 0.25) is 0 Å². The zero-order chi connectivity index (χ0) is 14.5. The molecule has 2 unspecified atom stereocenters. The highest BCUT2D eigenvalue weighted by atomic mass is 15.1. The molecule has 3 aromatic rings. The molecule has 1 aliphatic heterocycles. The van der Waals surface area contributed by atoms with Gasteiger partial charge in [-0.25, -0.2) is 0 Å². The summed E-state index contributed by atoms with van der Waals surface area (Å²) in [6.45, 7) is 1.66. The maximum atomic E-state index is 4.21. The highest BCUT2D eigenvalue weighted by Crippen LogP contribution is 2.24. The third kappa shape index (κ3) is 1.80. The number of hydrogen-bond acceptors (Lipinski definition) is 2. The van der Waals surface area contributed by atoms with Gasteiger partial charge in [0.1, 0.15) is 0 Å². The second kappa shape index (κ2) is 4.51. The summed E-state index contributed by atoms with van der Waals surface area (Å²) in [5, 5.41) is 16.4. The van der Waals surface area contributed by atoms with Crippen molar-refractivity contribution in [1.29, 1.82) is 0 Å². The molecule has 0 N–H and O–H groups in total. The highest BCUT2D eigenvalue weighted by molar-refractivity contribution is 5.98. The predicted molar refractivity (Wildman–Crippen MR) is 91.2 cm³/mol. The van der Waals surface area contributed by atoms with Crippen molar-refractivity contribution in [2.45, 2.75) is 0 Å². The standard InChI is InChI=1S/C20H16N2/c1-2-4-14-6-16-8-18-10-20-12-22-21-11-19(20)9-17(18)7-15(16)5-13(14)3-1/h1-10,19-20H,11-12H2. The Balaban J connectivity index is 1.82. The van der Waals surface area contributed by atoms with Crippen molar-refractivity contribution in [3.05, 3.63) is 59.0 Å². The van der Waals surface area contributed by atoms with Crippen LogP contribution in [-0.2, 0) is 0 Å². The molecule has 0 spiro atoms. The summed E-state index contributed by atoms with van der Waals surface area (Å²) in [6.07, 6.45) is 4.79. The average Bonchev–Trinajstić information content (AvgIpc) is 2.56. The minimum atomic E-state index is 0.517. The Bertz CT molecular complexity index is 962. The monoisotopic (exact) mass is 284 g/mol. The van der Waals surface area contributed by atoms with Gasteiger partial charge in [-0.15, -0.1) is 0 Å². The van der Waals surface area contributed by atoms with Crippen LogP contribution in [0.25, 0.3) is 33.7 Å². The third-order valence-corrected chi connectivity index (χ3v) is 4.93. The van der Waals surface area contributed by atoms with Crippen molar-refractivity contribution in [3.8, 4) is 0 Å². The lowest BCUT2D eigenvalue weighted by atomic mass is 9.85. The second-order valence-corrected chi connectivity index (χ2v) is 6.34. The van der Waals surface area contributed by atoms with E-state index in [1.807, 2.05) is 0 Å². The first-order valence-electron chi connectivity index (χ1n) is 7.86. The van der Waals surface area contributed by atoms with Crippen LogP contribution in [0.4, 0.5) is 0 Å². The lowest BCUT2D eigenvalue weighted by Gasteiger charge is -2.24. The van der Waals surface area contributed by atoms with Gasteiger partial charge in [0.2, 0.25) is 0 Å². The largest absolute Gasteiger partial charge is 0.194 e. The van der Waals surface area contributed by atoms with Crippen LogP contribution < -0.4 is 10.4 Å². The highest BCUT2D eigenvalue weighted by Gasteiger charge is 2.22. The summed E-state index contributed by atoms with van der Waals surface area (Å²) < 4.78 is 0. The molecule has 0 aromatic heterocycles. The Morgan fingerprint density at radius 1 is 0.636 bits per heavy atom. The average molecular weight is 284 g/mol. The summed E-state index contributed by atoms with van der Waals surface area (Å²) in [7, 11) is 0. The molecule has 0 bridgehead atoms. The van der Waals surface area contributed by atoms with E-state index in [9.17, 15) is 0 Å². The van der Waals surface area contributed by atoms with E-state index in [-0.39, 0.29) is 0 Å². The first-order chi connectivity index (χ1) is 10.9. The van der Waals surface area contributed by atoms with Gasteiger partial charge in [0, 0.05) is 11.8 Å². The molecule has 0 saturated heterocycles. The van der Waals surface area contributed by atoms with E-state index in [0.717, 1.165) is 13.1 Å². The first-order valence-corrected chi connectivity index (χ1v) is 7.86. The molecule has 2 aliphatic rings. The molecular weight excluding hydrogens is 268 g/mol. The van der Waals surface area contributed by atoms with Gasteiger partial charge in [-0.1, -0.05) is 36.4 Å². The fourth-order valence-corrected chi connectivity index (χ4v) is 3.70. The molecule has 0 radical (unpaired) electrons. The molecule has 1 heterocycles. The molecule has 0 fully saturated rings. The molecule has 0 amide bonds. The van der Waals surface area contributed by atoms with Gasteiger partial charge >= 0.3 is 0 Å². The number of hydrogen-bond donors (Lipinski definition) is 0. The van der Waals surface area contributed by atoms with Gasteiger partial charge in [0.15, 0.2) is 0 Å². The second-order valence-electron chi connectivity index (χ2n) is 6.34. The SMILES string of the molecule is C1=c2cc3cc4ccccc4cc3cc2=CC2CN=NCC12. The van der Waals surface area contributed by atoms with Crippen LogP contribution in [0.1, 0.15) is 0 Å².